The molecule has 4 rings (SSSR count). The molecule has 0 radical (unpaired) electrons. The summed E-state index contributed by atoms with van der Waals surface area (Å²) in [6.45, 7) is 0.876. The van der Waals surface area contributed by atoms with Crippen molar-refractivity contribution in [2.45, 2.75) is 37.8 Å². The zero-order valence-corrected chi connectivity index (χ0v) is 15.2. The van der Waals surface area contributed by atoms with Crippen LogP contribution in [-0.2, 0) is 0 Å². The second kappa shape index (κ2) is 6.87. The minimum Gasteiger partial charge on any atom is -0.507 e. The van der Waals surface area contributed by atoms with Crippen LogP contribution in [0.25, 0.3) is 16.5 Å². The van der Waals surface area contributed by atoms with E-state index < -0.39 is 6.10 Å². The second-order valence-corrected chi connectivity index (χ2v) is 7.32. The van der Waals surface area contributed by atoms with E-state index >= 15 is 0 Å². The zero-order chi connectivity index (χ0) is 19.1. The third-order valence-electron chi connectivity index (χ3n) is 5.48. The molecule has 1 aliphatic heterocycles. The Morgan fingerprint density at radius 1 is 1.22 bits per heavy atom. The molecule has 6 heteroatoms. The van der Waals surface area contributed by atoms with Gasteiger partial charge in [0.25, 0.3) is 0 Å². The molecule has 0 bridgehead atoms. The lowest BCUT2D eigenvalue weighted by Gasteiger charge is -2.33. The van der Waals surface area contributed by atoms with Crippen LogP contribution in [-0.4, -0.2) is 39.9 Å². The van der Waals surface area contributed by atoms with Gasteiger partial charge in [0.1, 0.15) is 28.2 Å². The summed E-state index contributed by atoms with van der Waals surface area (Å²) in [4.78, 5) is 14.8. The van der Waals surface area contributed by atoms with Crippen LogP contribution in [0, 0.1) is 0 Å². The van der Waals surface area contributed by atoms with Gasteiger partial charge in [0.05, 0.1) is 11.7 Å². The van der Waals surface area contributed by atoms with Crippen molar-refractivity contribution in [2.75, 3.05) is 13.6 Å². The van der Waals surface area contributed by atoms with Gasteiger partial charge in [-0.15, -0.1) is 0 Å². The fourth-order valence-corrected chi connectivity index (χ4v) is 4.01. The summed E-state index contributed by atoms with van der Waals surface area (Å²) in [6.07, 6.45) is 7.92. The maximum absolute atomic E-state index is 12.7. The molecule has 2 aliphatic rings. The molecule has 3 N–H and O–H groups in total. The van der Waals surface area contributed by atoms with Gasteiger partial charge in [0.2, 0.25) is 0 Å². The lowest BCUT2D eigenvalue weighted by atomic mass is 9.93. The van der Waals surface area contributed by atoms with Crippen LogP contribution in [0.2, 0.25) is 0 Å². The number of allylic oxidation sites excluding steroid dienone is 2. The average molecular weight is 369 g/mol. The SMILES string of the molecule is CN1CCCC[C@H]1c1c(O)cc2oc(C3=CC[C@@H](O)C=C3)cc(=O)c2c1O. The molecule has 0 amide bonds. The van der Waals surface area contributed by atoms with Crippen molar-refractivity contribution in [3.8, 4) is 11.5 Å². The molecular formula is C21H23NO5. The van der Waals surface area contributed by atoms with Crippen LogP contribution in [0.15, 0.2) is 39.6 Å². The molecule has 6 nitrogen and oxygen atoms in total. The fourth-order valence-electron chi connectivity index (χ4n) is 4.01. The number of hydrogen-bond acceptors (Lipinski definition) is 6. The van der Waals surface area contributed by atoms with Crippen molar-refractivity contribution in [3.05, 3.63) is 51.9 Å². The number of rotatable bonds is 2. The van der Waals surface area contributed by atoms with Gasteiger partial charge in [-0.05, 0) is 32.9 Å². The van der Waals surface area contributed by atoms with E-state index in [1.807, 2.05) is 7.05 Å². The van der Waals surface area contributed by atoms with E-state index in [4.69, 9.17) is 4.42 Å². The van der Waals surface area contributed by atoms with E-state index in [0.29, 0.717) is 23.3 Å². The van der Waals surface area contributed by atoms with Gasteiger partial charge in [0, 0.05) is 23.7 Å². The van der Waals surface area contributed by atoms with E-state index in [9.17, 15) is 20.1 Å². The predicted molar refractivity (Wildman–Crippen MR) is 103 cm³/mol. The van der Waals surface area contributed by atoms with Crippen LogP contribution in [0.1, 0.15) is 43.0 Å². The van der Waals surface area contributed by atoms with Crippen LogP contribution >= 0.6 is 0 Å². The average Bonchev–Trinajstić information content (AvgIpc) is 2.63. The van der Waals surface area contributed by atoms with Gasteiger partial charge >= 0.3 is 0 Å². The molecule has 2 aromatic rings. The van der Waals surface area contributed by atoms with Gasteiger partial charge in [-0.3, -0.25) is 9.69 Å². The number of aromatic hydroxyl groups is 2. The molecule has 27 heavy (non-hydrogen) atoms. The van der Waals surface area contributed by atoms with Crippen molar-refractivity contribution in [2.24, 2.45) is 0 Å². The first kappa shape index (κ1) is 17.8. The highest BCUT2D eigenvalue weighted by Gasteiger charge is 2.28. The number of nitrogens with zero attached hydrogens (tertiary/aromatic N) is 1. The molecule has 0 saturated carbocycles. The summed E-state index contributed by atoms with van der Waals surface area (Å²) >= 11 is 0. The molecule has 1 aromatic carbocycles. The third kappa shape index (κ3) is 3.15. The molecule has 1 saturated heterocycles. The molecular weight excluding hydrogens is 346 g/mol. The van der Waals surface area contributed by atoms with Crippen LogP contribution < -0.4 is 5.43 Å². The van der Waals surface area contributed by atoms with E-state index in [1.165, 1.54) is 12.1 Å². The first-order chi connectivity index (χ1) is 13.0. The van der Waals surface area contributed by atoms with Crippen molar-refractivity contribution in [1.29, 1.82) is 0 Å². The fraction of sp³-hybridized carbons (Fsp3) is 0.381. The van der Waals surface area contributed by atoms with Gasteiger partial charge in [-0.1, -0.05) is 24.6 Å². The Balaban J connectivity index is 1.85. The van der Waals surface area contributed by atoms with Gasteiger partial charge in [-0.2, -0.15) is 0 Å². The van der Waals surface area contributed by atoms with E-state index in [2.05, 4.69) is 4.90 Å². The quantitative estimate of drug-likeness (QED) is 0.753. The number of phenols is 2. The largest absolute Gasteiger partial charge is 0.507 e. The Bertz CT molecular complexity index is 1000. The minimum atomic E-state index is -0.538. The molecule has 142 valence electrons. The van der Waals surface area contributed by atoms with E-state index in [0.717, 1.165) is 25.8 Å². The number of benzene rings is 1. The normalized spacial score (nSPS) is 23.6. The number of likely N-dealkylation sites (tertiary alicyclic amines) is 1. The highest BCUT2D eigenvalue weighted by molar-refractivity contribution is 5.88. The lowest BCUT2D eigenvalue weighted by molar-refractivity contribution is 0.181. The number of phenolic OH excluding ortho intramolecular Hbond substituents is 2. The van der Waals surface area contributed by atoms with Crippen molar-refractivity contribution in [3.63, 3.8) is 0 Å². The molecule has 1 aliphatic carbocycles. The summed E-state index contributed by atoms with van der Waals surface area (Å²) < 4.78 is 5.81. The van der Waals surface area contributed by atoms with E-state index in [1.54, 1.807) is 18.2 Å². The Morgan fingerprint density at radius 2 is 2.04 bits per heavy atom. The summed E-state index contributed by atoms with van der Waals surface area (Å²) in [5.41, 5.74) is 0.873. The molecule has 0 unspecified atom stereocenters. The molecule has 0 spiro atoms. The monoisotopic (exact) mass is 369 g/mol. The standard InChI is InChI=1S/C21H23NO5/c1-22-9-3-2-4-14(22)19-15(24)11-18-20(21(19)26)16(25)10-17(27-18)12-5-7-13(23)8-6-12/h5-7,10-11,13-14,23-24,26H,2-4,8-9H2,1H3/t13-,14-/m0/s1. The highest BCUT2D eigenvalue weighted by Crippen LogP contribution is 2.43. The maximum Gasteiger partial charge on any atom is 0.197 e. The van der Waals surface area contributed by atoms with Crippen molar-refractivity contribution < 1.29 is 19.7 Å². The Hall–Kier alpha value is -2.57. The van der Waals surface area contributed by atoms with E-state index in [-0.39, 0.29) is 33.9 Å². The lowest BCUT2D eigenvalue weighted by Crippen LogP contribution is -2.29. The first-order valence-electron chi connectivity index (χ1n) is 9.25. The topological polar surface area (TPSA) is 94.1 Å². The third-order valence-corrected chi connectivity index (χ3v) is 5.48. The number of piperidine rings is 1. The molecule has 2 atom stereocenters. The minimum absolute atomic E-state index is 0.0670. The number of aliphatic hydroxyl groups is 1. The van der Waals surface area contributed by atoms with Crippen LogP contribution in [0.5, 0.6) is 11.5 Å². The first-order valence-corrected chi connectivity index (χ1v) is 9.25. The van der Waals surface area contributed by atoms with Gasteiger partial charge in [-0.25, -0.2) is 0 Å². The second-order valence-electron chi connectivity index (χ2n) is 7.32. The Morgan fingerprint density at radius 3 is 2.74 bits per heavy atom. The summed E-state index contributed by atoms with van der Waals surface area (Å²) in [5, 5.41) is 31.0. The van der Waals surface area contributed by atoms with Crippen molar-refractivity contribution >= 4 is 16.5 Å². The molecule has 1 fully saturated rings. The van der Waals surface area contributed by atoms with Gasteiger partial charge < -0.3 is 19.7 Å². The number of aliphatic hydroxyl groups excluding tert-OH is 1. The zero-order valence-electron chi connectivity index (χ0n) is 15.2. The van der Waals surface area contributed by atoms with Gasteiger partial charge in [0.15, 0.2) is 5.43 Å². The molecule has 2 heterocycles. The number of fused-ring (bicyclic) bond motifs is 1. The highest BCUT2D eigenvalue weighted by atomic mass is 16.3. The van der Waals surface area contributed by atoms with Crippen molar-refractivity contribution in [1.82, 2.24) is 4.90 Å². The Kier molecular flexibility index (Phi) is 4.53. The van der Waals surface area contributed by atoms with Crippen LogP contribution in [0.3, 0.4) is 0 Å². The summed E-state index contributed by atoms with van der Waals surface area (Å²) in [7, 11) is 1.95. The summed E-state index contributed by atoms with van der Waals surface area (Å²) in [5.74, 6) is 0.0762. The maximum atomic E-state index is 12.7. The molecule has 1 aromatic heterocycles. The smallest absolute Gasteiger partial charge is 0.197 e. The Labute approximate surface area is 156 Å². The summed E-state index contributed by atoms with van der Waals surface area (Å²) in [6, 6.07) is 2.63. The number of hydrogen-bond donors (Lipinski definition) is 3. The van der Waals surface area contributed by atoms with Crippen LogP contribution in [0.4, 0.5) is 0 Å². The predicted octanol–water partition coefficient (Wildman–Crippen LogP) is 3.07.